The number of nitrogens with zero attached hydrogens (tertiary/aromatic N) is 2. The van der Waals surface area contributed by atoms with Crippen molar-refractivity contribution in [1.29, 1.82) is 0 Å². The van der Waals surface area contributed by atoms with Crippen LogP contribution in [0.2, 0.25) is 0 Å². The van der Waals surface area contributed by atoms with Crippen molar-refractivity contribution in [2.75, 3.05) is 39.4 Å². The van der Waals surface area contributed by atoms with E-state index in [1.807, 2.05) is 30.0 Å². The fourth-order valence-electron chi connectivity index (χ4n) is 3.32. The van der Waals surface area contributed by atoms with E-state index in [4.69, 9.17) is 9.47 Å². The predicted octanol–water partition coefficient (Wildman–Crippen LogP) is 2.46. The van der Waals surface area contributed by atoms with E-state index in [0.29, 0.717) is 6.61 Å². The number of rotatable bonds is 6. The van der Waals surface area contributed by atoms with Crippen LogP contribution in [0.4, 0.5) is 0 Å². The first-order valence-corrected chi connectivity index (χ1v) is 9.11. The van der Waals surface area contributed by atoms with Crippen LogP contribution in [0.5, 0.6) is 5.75 Å². The molecule has 5 heteroatoms. The average Bonchev–Trinajstić information content (AvgIpc) is 3.15. The van der Waals surface area contributed by atoms with E-state index in [9.17, 15) is 4.79 Å². The molecule has 1 atom stereocenters. The third-order valence-corrected chi connectivity index (χ3v) is 4.73. The minimum atomic E-state index is -0.206. The molecule has 1 aromatic rings. The largest absolute Gasteiger partial charge is 0.489 e. The Hall–Kier alpha value is -1.85. The van der Waals surface area contributed by atoms with Crippen LogP contribution in [-0.2, 0) is 16.1 Å². The van der Waals surface area contributed by atoms with E-state index in [-0.39, 0.29) is 12.0 Å². The number of para-hydroxylation sites is 1. The molecule has 0 bridgehead atoms. The molecule has 1 unspecified atom stereocenters. The zero-order valence-corrected chi connectivity index (χ0v) is 15.1. The number of benzene rings is 1. The van der Waals surface area contributed by atoms with Crippen molar-refractivity contribution in [2.45, 2.75) is 32.4 Å². The molecule has 1 amide bonds. The van der Waals surface area contributed by atoms with Crippen LogP contribution in [-0.4, -0.2) is 61.2 Å². The highest BCUT2D eigenvalue weighted by molar-refractivity contribution is 5.81. The van der Waals surface area contributed by atoms with Crippen molar-refractivity contribution < 1.29 is 14.3 Å². The van der Waals surface area contributed by atoms with Gasteiger partial charge in [0.25, 0.3) is 5.91 Å². The number of piperazine rings is 1. The fraction of sp³-hybridized carbons (Fsp3) is 0.550. The zero-order valence-electron chi connectivity index (χ0n) is 15.1. The van der Waals surface area contributed by atoms with Gasteiger partial charge in [0.1, 0.15) is 18.5 Å². The van der Waals surface area contributed by atoms with Gasteiger partial charge in [-0.1, -0.05) is 24.8 Å². The SMILES string of the molecule is C=C(C)COc1ccccc1CN1CCN(C(=O)C2CCCO2)CC1. The van der Waals surface area contributed by atoms with E-state index in [0.717, 1.165) is 63.5 Å². The predicted molar refractivity (Wildman–Crippen MR) is 97.6 cm³/mol. The van der Waals surface area contributed by atoms with Gasteiger partial charge in [0.2, 0.25) is 0 Å². The normalized spacial score (nSPS) is 21.3. The summed E-state index contributed by atoms with van der Waals surface area (Å²) in [4.78, 5) is 16.8. The Labute approximate surface area is 150 Å². The standard InChI is InChI=1S/C20H28N2O3/c1-16(2)15-25-18-7-4-3-6-17(18)14-21-9-11-22(12-10-21)20(23)19-8-5-13-24-19/h3-4,6-7,19H,1,5,8-15H2,2H3. The Bertz CT molecular complexity index is 603. The van der Waals surface area contributed by atoms with Gasteiger partial charge in [0, 0.05) is 44.9 Å². The fourth-order valence-corrected chi connectivity index (χ4v) is 3.32. The molecular formula is C20H28N2O3. The minimum absolute atomic E-state index is 0.169. The van der Waals surface area contributed by atoms with Crippen LogP contribution in [0.25, 0.3) is 0 Å². The molecule has 0 radical (unpaired) electrons. The molecule has 2 heterocycles. The van der Waals surface area contributed by atoms with Crippen LogP contribution in [0.1, 0.15) is 25.3 Å². The van der Waals surface area contributed by atoms with Crippen LogP contribution < -0.4 is 4.74 Å². The van der Waals surface area contributed by atoms with Gasteiger partial charge in [0.05, 0.1) is 0 Å². The van der Waals surface area contributed by atoms with Gasteiger partial charge in [-0.2, -0.15) is 0 Å². The highest BCUT2D eigenvalue weighted by atomic mass is 16.5. The Balaban J connectivity index is 1.52. The molecule has 0 saturated carbocycles. The van der Waals surface area contributed by atoms with E-state index < -0.39 is 0 Å². The van der Waals surface area contributed by atoms with E-state index >= 15 is 0 Å². The molecular weight excluding hydrogens is 316 g/mol. The number of ether oxygens (including phenoxy) is 2. The van der Waals surface area contributed by atoms with Crippen LogP contribution in [0.15, 0.2) is 36.4 Å². The van der Waals surface area contributed by atoms with Gasteiger partial charge in [-0.15, -0.1) is 0 Å². The van der Waals surface area contributed by atoms with Gasteiger partial charge >= 0.3 is 0 Å². The molecule has 0 N–H and O–H groups in total. The summed E-state index contributed by atoms with van der Waals surface area (Å²) in [5.74, 6) is 1.09. The van der Waals surface area contributed by atoms with Crippen LogP contribution in [0, 0.1) is 0 Å². The highest BCUT2D eigenvalue weighted by Gasteiger charge is 2.30. The van der Waals surface area contributed by atoms with Crippen LogP contribution >= 0.6 is 0 Å². The maximum Gasteiger partial charge on any atom is 0.251 e. The third-order valence-electron chi connectivity index (χ3n) is 4.73. The molecule has 136 valence electrons. The molecule has 2 fully saturated rings. The number of hydrogen-bond donors (Lipinski definition) is 0. The van der Waals surface area contributed by atoms with Gasteiger partial charge < -0.3 is 14.4 Å². The maximum atomic E-state index is 12.4. The number of carbonyl (C=O) groups excluding carboxylic acids is 1. The first-order valence-electron chi connectivity index (χ1n) is 9.11. The summed E-state index contributed by atoms with van der Waals surface area (Å²) in [6, 6.07) is 8.16. The van der Waals surface area contributed by atoms with Crippen molar-refractivity contribution in [1.82, 2.24) is 9.80 Å². The first-order chi connectivity index (χ1) is 12.1. The summed E-state index contributed by atoms with van der Waals surface area (Å²) in [5, 5.41) is 0. The lowest BCUT2D eigenvalue weighted by Gasteiger charge is -2.36. The van der Waals surface area contributed by atoms with E-state index in [2.05, 4.69) is 17.5 Å². The molecule has 2 aliphatic heterocycles. The van der Waals surface area contributed by atoms with E-state index in [1.165, 1.54) is 5.56 Å². The quantitative estimate of drug-likeness (QED) is 0.744. The summed E-state index contributed by atoms with van der Waals surface area (Å²) in [6.07, 6.45) is 1.66. The zero-order chi connectivity index (χ0) is 17.6. The Morgan fingerprint density at radius 1 is 1.28 bits per heavy atom. The van der Waals surface area contributed by atoms with Crippen molar-refractivity contribution in [3.63, 3.8) is 0 Å². The molecule has 2 saturated heterocycles. The van der Waals surface area contributed by atoms with Gasteiger partial charge in [-0.05, 0) is 31.4 Å². The maximum absolute atomic E-state index is 12.4. The molecule has 25 heavy (non-hydrogen) atoms. The van der Waals surface area contributed by atoms with E-state index in [1.54, 1.807) is 0 Å². The minimum Gasteiger partial charge on any atom is -0.489 e. The number of hydrogen-bond acceptors (Lipinski definition) is 4. The second-order valence-corrected chi connectivity index (χ2v) is 6.96. The summed E-state index contributed by atoms with van der Waals surface area (Å²) in [5.41, 5.74) is 2.19. The van der Waals surface area contributed by atoms with Crippen LogP contribution in [0.3, 0.4) is 0 Å². The Morgan fingerprint density at radius 2 is 2.04 bits per heavy atom. The summed E-state index contributed by atoms with van der Waals surface area (Å²) in [7, 11) is 0. The molecule has 0 aliphatic carbocycles. The lowest BCUT2D eigenvalue weighted by Crippen LogP contribution is -2.51. The van der Waals surface area contributed by atoms with Crippen molar-refractivity contribution in [2.24, 2.45) is 0 Å². The Kier molecular flexibility index (Phi) is 6.10. The summed E-state index contributed by atoms with van der Waals surface area (Å²) in [6.45, 7) is 11.3. The number of amides is 1. The summed E-state index contributed by atoms with van der Waals surface area (Å²) < 4.78 is 11.4. The second-order valence-electron chi connectivity index (χ2n) is 6.96. The van der Waals surface area contributed by atoms with Crippen molar-refractivity contribution in [3.05, 3.63) is 42.0 Å². The molecule has 5 nitrogen and oxygen atoms in total. The van der Waals surface area contributed by atoms with Gasteiger partial charge in [0.15, 0.2) is 0 Å². The average molecular weight is 344 g/mol. The molecule has 0 aromatic heterocycles. The third kappa shape index (κ3) is 4.83. The van der Waals surface area contributed by atoms with Gasteiger partial charge in [-0.25, -0.2) is 0 Å². The first kappa shape index (κ1) is 18.0. The van der Waals surface area contributed by atoms with Crippen molar-refractivity contribution in [3.8, 4) is 5.75 Å². The molecule has 3 rings (SSSR count). The van der Waals surface area contributed by atoms with Crippen molar-refractivity contribution >= 4 is 5.91 Å². The smallest absolute Gasteiger partial charge is 0.251 e. The topological polar surface area (TPSA) is 42.0 Å². The number of carbonyl (C=O) groups is 1. The summed E-state index contributed by atoms with van der Waals surface area (Å²) >= 11 is 0. The highest BCUT2D eigenvalue weighted by Crippen LogP contribution is 2.22. The lowest BCUT2D eigenvalue weighted by molar-refractivity contribution is -0.142. The van der Waals surface area contributed by atoms with Gasteiger partial charge in [-0.3, -0.25) is 9.69 Å². The molecule has 0 spiro atoms. The Morgan fingerprint density at radius 3 is 2.72 bits per heavy atom. The molecule has 2 aliphatic rings. The lowest BCUT2D eigenvalue weighted by atomic mass is 10.1. The molecule has 1 aromatic carbocycles. The monoisotopic (exact) mass is 344 g/mol. The second kappa shape index (κ2) is 8.50.